The van der Waals surface area contributed by atoms with Crippen LogP contribution in [0.5, 0.6) is 0 Å². The summed E-state index contributed by atoms with van der Waals surface area (Å²) in [4.78, 5) is 4.60. The maximum Gasteiger partial charge on any atom is 0.152 e. The molecule has 2 N–H and O–H groups in total. The Morgan fingerprint density at radius 3 is 2.63 bits per heavy atom. The van der Waals surface area contributed by atoms with Crippen molar-refractivity contribution in [3.8, 4) is 11.3 Å². The van der Waals surface area contributed by atoms with Crippen molar-refractivity contribution in [2.24, 2.45) is 5.73 Å². The molecular formula is C14H11BrFN3. The maximum atomic E-state index is 13.0. The molecule has 0 amide bonds. The van der Waals surface area contributed by atoms with Crippen LogP contribution in [0.2, 0.25) is 0 Å². The van der Waals surface area contributed by atoms with Gasteiger partial charge in [0.05, 0.1) is 15.9 Å². The van der Waals surface area contributed by atoms with Crippen molar-refractivity contribution < 1.29 is 4.39 Å². The van der Waals surface area contributed by atoms with Crippen LogP contribution in [-0.4, -0.2) is 9.38 Å². The van der Waals surface area contributed by atoms with E-state index in [0.29, 0.717) is 6.54 Å². The third kappa shape index (κ3) is 2.05. The number of halogens is 2. The van der Waals surface area contributed by atoms with E-state index in [1.807, 2.05) is 22.7 Å². The third-order valence-corrected chi connectivity index (χ3v) is 3.63. The minimum Gasteiger partial charge on any atom is -0.325 e. The molecule has 3 nitrogen and oxygen atoms in total. The molecule has 19 heavy (non-hydrogen) atoms. The molecule has 2 aromatic heterocycles. The number of imidazole rings is 1. The first-order chi connectivity index (χ1) is 9.20. The van der Waals surface area contributed by atoms with E-state index in [1.165, 1.54) is 12.1 Å². The van der Waals surface area contributed by atoms with Crippen LogP contribution in [0.1, 0.15) is 5.69 Å². The molecule has 2 heterocycles. The number of nitrogens with two attached hydrogens (primary N) is 1. The Morgan fingerprint density at radius 2 is 1.95 bits per heavy atom. The highest BCUT2D eigenvalue weighted by atomic mass is 79.9. The SMILES string of the molecule is NCc1c(-c2ccc(F)cc2)nc2c(Br)cccn12. The monoisotopic (exact) mass is 319 g/mol. The molecule has 0 fully saturated rings. The van der Waals surface area contributed by atoms with Gasteiger partial charge < -0.3 is 10.1 Å². The fourth-order valence-electron chi connectivity index (χ4n) is 2.12. The molecule has 0 spiro atoms. The maximum absolute atomic E-state index is 13.0. The quantitative estimate of drug-likeness (QED) is 0.787. The minimum atomic E-state index is -0.261. The fraction of sp³-hybridized carbons (Fsp3) is 0.0714. The van der Waals surface area contributed by atoms with Crippen LogP contribution in [0.25, 0.3) is 16.9 Å². The van der Waals surface area contributed by atoms with Gasteiger partial charge >= 0.3 is 0 Å². The number of hydrogen-bond acceptors (Lipinski definition) is 2. The summed E-state index contributed by atoms with van der Waals surface area (Å²) in [5, 5.41) is 0. The summed E-state index contributed by atoms with van der Waals surface area (Å²) in [6.07, 6.45) is 1.92. The number of hydrogen-bond donors (Lipinski definition) is 1. The molecule has 3 rings (SSSR count). The summed E-state index contributed by atoms with van der Waals surface area (Å²) in [7, 11) is 0. The third-order valence-electron chi connectivity index (χ3n) is 3.01. The highest BCUT2D eigenvalue weighted by molar-refractivity contribution is 9.10. The van der Waals surface area contributed by atoms with Crippen LogP contribution in [0, 0.1) is 5.82 Å². The molecular weight excluding hydrogens is 309 g/mol. The highest BCUT2D eigenvalue weighted by Gasteiger charge is 2.14. The first-order valence-corrected chi connectivity index (χ1v) is 6.61. The van der Waals surface area contributed by atoms with Crippen LogP contribution >= 0.6 is 15.9 Å². The Bertz CT molecular complexity index is 734. The Balaban J connectivity index is 2.29. The molecule has 0 saturated heterocycles. The molecule has 5 heteroatoms. The number of nitrogens with zero attached hydrogens (tertiary/aromatic N) is 2. The molecule has 0 bridgehead atoms. The van der Waals surface area contributed by atoms with Crippen LogP contribution in [0.3, 0.4) is 0 Å². The topological polar surface area (TPSA) is 43.3 Å². The Kier molecular flexibility index (Phi) is 3.08. The molecule has 0 atom stereocenters. The van der Waals surface area contributed by atoms with Gasteiger partial charge in [0.1, 0.15) is 5.82 Å². The smallest absolute Gasteiger partial charge is 0.152 e. The van der Waals surface area contributed by atoms with Gasteiger partial charge in [-0.25, -0.2) is 9.37 Å². The molecule has 0 radical (unpaired) electrons. The lowest BCUT2D eigenvalue weighted by Crippen LogP contribution is -2.02. The van der Waals surface area contributed by atoms with Crippen molar-refractivity contribution in [3.05, 3.63) is 58.6 Å². The summed E-state index contributed by atoms with van der Waals surface area (Å²) < 4.78 is 15.8. The summed E-state index contributed by atoms with van der Waals surface area (Å²) in [6, 6.07) is 10.1. The Morgan fingerprint density at radius 1 is 1.21 bits per heavy atom. The molecule has 1 aromatic carbocycles. The van der Waals surface area contributed by atoms with E-state index >= 15 is 0 Å². The van der Waals surface area contributed by atoms with Gasteiger partial charge in [-0.3, -0.25) is 0 Å². The first kappa shape index (κ1) is 12.3. The molecule has 3 aromatic rings. The second-order valence-electron chi connectivity index (χ2n) is 4.17. The van der Waals surface area contributed by atoms with Crippen LogP contribution < -0.4 is 5.73 Å². The number of pyridine rings is 1. The molecule has 0 aliphatic carbocycles. The average Bonchev–Trinajstić information content (AvgIpc) is 2.79. The summed E-state index contributed by atoms with van der Waals surface area (Å²) in [5.41, 5.74) is 9.19. The van der Waals surface area contributed by atoms with E-state index < -0.39 is 0 Å². The van der Waals surface area contributed by atoms with Crippen LogP contribution in [0.15, 0.2) is 47.1 Å². The second-order valence-corrected chi connectivity index (χ2v) is 5.02. The van der Waals surface area contributed by atoms with Gasteiger partial charge in [0.25, 0.3) is 0 Å². The van der Waals surface area contributed by atoms with E-state index in [0.717, 1.165) is 27.1 Å². The predicted octanol–water partition coefficient (Wildman–Crippen LogP) is 3.36. The zero-order valence-corrected chi connectivity index (χ0v) is 11.6. The minimum absolute atomic E-state index is 0.261. The van der Waals surface area contributed by atoms with E-state index in [2.05, 4.69) is 20.9 Å². The molecule has 0 unspecified atom stereocenters. The largest absolute Gasteiger partial charge is 0.325 e. The van der Waals surface area contributed by atoms with E-state index in [-0.39, 0.29) is 5.82 Å². The highest BCUT2D eigenvalue weighted by Crippen LogP contribution is 2.27. The predicted molar refractivity (Wildman–Crippen MR) is 76.2 cm³/mol. The zero-order chi connectivity index (χ0) is 13.4. The Hall–Kier alpha value is -1.72. The summed E-state index contributed by atoms with van der Waals surface area (Å²) in [5.74, 6) is -0.261. The van der Waals surface area contributed by atoms with Gasteiger partial charge in [-0.2, -0.15) is 0 Å². The first-order valence-electron chi connectivity index (χ1n) is 5.82. The molecule has 96 valence electrons. The van der Waals surface area contributed by atoms with Gasteiger partial charge in [0, 0.05) is 18.3 Å². The number of benzene rings is 1. The van der Waals surface area contributed by atoms with Crippen molar-refractivity contribution >= 4 is 21.6 Å². The summed E-state index contributed by atoms with van der Waals surface area (Å²) in [6.45, 7) is 0.365. The lowest BCUT2D eigenvalue weighted by atomic mass is 10.1. The van der Waals surface area contributed by atoms with E-state index in [9.17, 15) is 4.39 Å². The van der Waals surface area contributed by atoms with E-state index in [1.54, 1.807) is 12.1 Å². The lowest BCUT2D eigenvalue weighted by Gasteiger charge is -2.02. The molecule has 0 saturated carbocycles. The number of aromatic nitrogens is 2. The molecule has 0 aliphatic rings. The normalized spacial score (nSPS) is 11.1. The van der Waals surface area contributed by atoms with Crippen LogP contribution in [-0.2, 0) is 6.54 Å². The lowest BCUT2D eigenvalue weighted by molar-refractivity contribution is 0.628. The van der Waals surface area contributed by atoms with Crippen LogP contribution in [0.4, 0.5) is 4.39 Å². The average molecular weight is 320 g/mol. The van der Waals surface area contributed by atoms with Crippen molar-refractivity contribution in [1.82, 2.24) is 9.38 Å². The second kappa shape index (κ2) is 4.75. The zero-order valence-electron chi connectivity index (χ0n) is 9.98. The van der Waals surface area contributed by atoms with Crippen molar-refractivity contribution in [2.45, 2.75) is 6.54 Å². The number of rotatable bonds is 2. The molecule has 0 aliphatic heterocycles. The standard InChI is InChI=1S/C14H11BrFN3/c15-11-2-1-7-19-12(8-17)13(18-14(11)19)9-3-5-10(16)6-4-9/h1-7H,8,17H2. The Labute approximate surface area is 118 Å². The van der Waals surface area contributed by atoms with E-state index in [4.69, 9.17) is 5.73 Å². The van der Waals surface area contributed by atoms with Gasteiger partial charge in [0.15, 0.2) is 5.65 Å². The fourth-order valence-corrected chi connectivity index (χ4v) is 2.55. The number of fused-ring (bicyclic) bond motifs is 1. The van der Waals surface area contributed by atoms with Crippen molar-refractivity contribution in [3.63, 3.8) is 0 Å². The van der Waals surface area contributed by atoms with Gasteiger partial charge in [0.2, 0.25) is 0 Å². The van der Waals surface area contributed by atoms with Gasteiger partial charge in [-0.1, -0.05) is 0 Å². The van der Waals surface area contributed by atoms with Crippen molar-refractivity contribution in [1.29, 1.82) is 0 Å². The van der Waals surface area contributed by atoms with Gasteiger partial charge in [-0.05, 0) is 52.3 Å². The summed E-state index contributed by atoms with van der Waals surface area (Å²) >= 11 is 3.47. The van der Waals surface area contributed by atoms with Crippen molar-refractivity contribution in [2.75, 3.05) is 0 Å². The van der Waals surface area contributed by atoms with Gasteiger partial charge in [-0.15, -0.1) is 0 Å².